The minimum atomic E-state index is -0.590. The molecule has 0 aliphatic carbocycles. The smallest absolute Gasteiger partial charge is 0.285 e. The maximum atomic E-state index is 12.9. The molecule has 0 aromatic heterocycles. The number of Topliss-reactive ketones (excluding diaryl/α,β-unsaturated/α-hetero) is 2. The average Bonchev–Trinajstić information content (AvgIpc) is 3.12. The summed E-state index contributed by atoms with van der Waals surface area (Å²) in [5.41, 5.74) is 8.06. The molecule has 2 amide bonds. The Morgan fingerprint density at radius 2 is 1.21 bits per heavy atom. The SMILES string of the molecule is CC(=O)CCCOc1cc(N)c(C(=O)N2CCCC[C@H]2CO)cc1C.CC(=O)CCCOc1cc([N+](=O)[O-])c(C(=O)N2CCCC[C@H]2CO)cc1C. The van der Waals surface area contributed by atoms with Crippen LogP contribution < -0.4 is 15.2 Å². The average molecular weight is 727 g/mol. The van der Waals surface area contributed by atoms with E-state index in [-0.39, 0.29) is 60.6 Å². The summed E-state index contributed by atoms with van der Waals surface area (Å²) < 4.78 is 11.3. The quantitative estimate of drug-likeness (QED) is 0.0970. The second-order valence-electron chi connectivity index (χ2n) is 13.6. The van der Waals surface area contributed by atoms with Crippen LogP contribution in [0.2, 0.25) is 0 Å². The minimum absolute atomic E-state index is 0.00827. The lowest BCUT2D eigenvalue weighted by Gasteiger charge is -2.35. The lowest BCUT2D eigenvalue weighted by molar-refractivity contribution is -0.385. The molecule has 2 aliphatic rings. The molecule has 0 unspecified atom stereocenters. The van der Waals surface area contributed by atoms with Crippen molar-refractivity contribution < 1.29 is 43.8 Å². The number of ketones is 2. The molecular formula is C38H54N4O10. The van der Waals surface area contributed by atoms with Crippen molar-refractivity contribution in [3.05, 3.63) is 56.6 Å². The number of rotatable bonds is 15. The number of ether oxygens (including phenoxy) is 2. The molecule has 2 aromatic carbocycles. The summed E-state index contributed by atoms with van der Waals surface area (Å²) in [7, 11) is 0. The van der Waals surface area contributed by atoms with Crippen LogP contribution in [0.5, 0.6) is 11.5 Å². The van der Waals surface area contributed by atoms with E-state index >= 15 is 0 Å². The fourth-order valence-electron chi connectivity index (χ4n) is 6.43. The Morgan fingerprint density at radius 1 is 0.769 bits per heavy atom. The van der Waals surface area contributed by atoms with E-state index in [9.17, 15) is 39.5 Å². The van der Waals surface area contributed by atoms with Gasteiger partial charge in [-0.2, -0.15) is 0 Å². The summed E-state index contributed by atoms with van der Waals surface area (Å²) in [4.78, 5) is 61.9. The van der Waals surface area contributed by atoms with Crippen LogP contribution in [0, 0.1) is 24.0 Å². The summed E-state index contributed by atoms with van der Waals surface area (Å²) >= 11 is 0. The van der Waals surface area contributed by atoms with Gasteiger partial charge < -0.3 is 44.8 Å². The van der Waals surface area contributed by atoms with E-state index in [0.29, 0.717) is 80.1 Å². The molecule has 0 bridgehead atoms. The first-order valence-electron chi connectivity index (χ1n) is 18.1. The number of carbonyl (C=O) groups excluding carboxylic acids is 4. The molecule has 14 heteroatoms. The number of nitro benzene ring substituents is 1. The second kappa shape index (κ2) is 20.5. The predicted molar refractivity (Wildman–Crippen MR) is 196 cm³/mol. The topological polar surface area (TPSA) is 203 Å². The Balaban J connectivity index is 0.000000281. The first-order valence-corrected chi connectivity index (χ1v) is 18.1. The number of nitrogen functional groups attached to an aromatic ring is 1. The first kappa shape index (κ1) is 41.9. The van der Waals surface area contributed by atoms with Crippen molar-refractivity contribution in [2.24, 2.45) is 0 Å². The van der Waals surface area contributed by atoms with E-state index in [4.69, 9.17) is 15.2 Å². The maximum absolute atomic E-state index is 12.9. The molecule has 2 fully saturated rings. The van der Waals surface area contributed by atoms with Crippen molar-refractivity contribution in [1.82, 2.24) is 9.80 Å². The zero-order valence-corrected chi connectivity index (χ0v) is 30.9. The number of nitrogens with two attached hydrogens (primary N) is 1. The molecule has 286 valence electrons. The number of likely N-dealkylation sites (tertiary alicyclic amines) is 2. The third-order valence-electron chi connectivity index (χ3n) is 9.36. The van der Waals surface area contributed by atoms with Gasteiger partial charge in [0.05, 0.1) is 55.1 Å². The molecule has 2 aliphatic heterocycles. The van der Waals surface area contributed by atoms with E-state index in [1.54, 1.807) is 30.9 Å². The molecule has 2 atom stereocenters. The summed E-state index contributed by atoms with van der Waals surface area (Å²) in [6.07, 6.45) is 7.25. The van der Waals surface area contributed by atoms with Gasteiger partial charge in [-0.1, -0.05) is 0 Å². The summed E-state index contributed by atoms with van der Waals surface area (Å²) in [5.74, 6) is 0.589. The monoisotopic (exact) mass is 726 g/mol. The number of piperidine rings is 2. The molecule has 14 nitrogen and oxygen atoms in total. The van der Waals surface area contributed by atoms with Crippen LogP contribution in [0.1, 0.15) is 110 Å². The van der Waals surface area contributed by atoms with Crippen molar-refractivity contribution in [1.29, 1.82) is 0 Å². The van der Waals surface area contributed by atoms with Crippen LogP contribution in [0.15, 0.2) is 24.3 Å². The number of nitrogens with zero attached hydrogens (tertiary/aromatic N) is 3. The lowest BCUT2D eigenvalue weighted by atomic mass is 10.00. The zero-order chi connectivity index (χ0) is 38.4. The van der Waals surface area contributed by atoms with Crippen LogP contribution in [0.4, 0.5) is 11.4 Å². The number of aliphatic hydroxyl groups is 2. The van der Waals surface area contributed by atoms with Gasteiger partial charge in [0, 0.05) is 37.7 Å². The summed E-state index contributed by atoms with van der Waals surface area (Å²) in [6, 6.07) is 5.73. The highest BCUT2D eigenvalue weighted by molar-refractivity contribution is 6.00. The highest BCUT2D eigenvalue weighted by atomic mass is 16.6. The van der Waals surface area contributed by atoms with Gasteiger partial charge in [-0.25, -0.2) is 0 Å². The largest absolute Gasteiger partial charge is 0.493 e. The number of benzene rings is 2. The number of nitro groups is 1. The number of aliphatic hydroxyl groups excluding tert-OH is 2. The summed E-state index contributed by atoms with van der Waals surface area (Å²) in [6.45, 7) is 8.29. The highest BCUT2D eigenvalue weighted by Crippen LogP contribution is 2.32. The van der Waals surface area contributed by atoms with Crippen LogP contribution in [0.25, 0.3) is 0 Å². The van der Waals surface area contributed by atoms with Crippen molar-refractivity contribution in [2.45, 2.75) is 104 Å². The van der Waals surface area contributed by atoms with Crippen LogP contribution in [-0.4, -0.2) is 99.9 Å². The Labute approximate surface area is 305 Å². The van der Waals surface area contributed by atoms with Gasteiger partial charge in [0.1, 0.15) is 28.6 Å². The lowest BCUT2D eigenvalue weighted by Crippen LogP contribution is -2.45. The number of amides is 2. The maximum Gasteiger partial charge on any atom is 0.285 e. The van der Waals surface area contributed by atoms with Gasteiger partial charge in [-0.3, -0.25) is 19.7 Å². The number of aryl methyl sites for hydroxylation is 2. The van der Waals surface area contributed by atoms with Gasteiger partial charge in [-0.15, -0.1) is 0 Å². The number of carbonyl (C=O) groups is 4. The van der Waals surface area contributed by atoms with E-state index in [0.717, 1.165) is 37.7 Å². The molecule has 4 rings (SSSR count). The van der Waals surface area contributed by atoms with E-state index in [2.05, 4.69) is 0 Å². The Kier molecular flexibility index (Phi) is 16.5. The van der Waals surface area contributed by atoms with Crippen molar-refractivity contribution in [3.8, 4) is 11.5 Å². The zero-order valence-electron chi connectivity index (χ0n) is 30.9. The first-order chi connectivity index (χ1) is 24.8. The molecule has 0 saturated carbocycles. The normalized spacial score (nSPS) is 17.1. The molecular weight excluding hydrogens is 672 g/mol. The van der Waals surface area contributed by atoms with E-state index in [1.807, 2.05) is 6.92 Å². The number of anilines is 1. The summed E-state index contributed by atoms with van der Waals surface area (Å²) in [5, 5.41) is 30.6. The van der Waals surface area contributed by atoms with Gasteiger partial charge in [-0.05, 0) is 102 Å². The van der Waals surface area contributed by atoms with E-state index in [1.165, 1.54) is 24.0 Å². The Morgan fingerprint density at radius 3 is 1.65 bits per heavy atom. The molecule has 0 radical (unpaired) electrons. The standard InChI is InChI=1S/C19H26N2O6.C19H28N2O4/c1-13-10-16(19(24)20-8-4-3-7-15(20)12-22)17(21(25)26)11-18(13)27-9-5-6-14(2)23;1-13-10-16(19(24)21-8-4-3-7-15(21)12-22)17(20)11-18(13)25-9-5-6-14(2)23/h10-11,15,22H,3-9,12H2,1-2H3;10-11,15,22H,3-9,12,20H2,1-2H3/t2*15-/m00/s1. The minimum Gasteiger partial charge on any atom is -0.493 e. The van der Waals surface area contributed by atoms with E-state index < -0.39 is 10.8 Å². The molecule has 2 aromatic rings. The Hall–Kier alpha value is -4.56. The third-order valence-corrected chi connectivity index (χ3v) is 9.36. The molecule has 0 spiro atoms. The molecule has 2 saturated heterocycles. The van der Waals surface area contributed by atoms with Gasteiger partial charge in [0.15, 0.2) is 0 Å². The van der Waals surface area contributed by atoms with Crippen molar-refractivity contribution >= 4 is 34.8 Å². The fraction of sp³-hybridized carbons (Fsp3) is 0.579. The van der Waals surface area contributed by atoms with Gasteiger partial charge >= 0.3 is 0 Å². The van der Waals surface area contributed by atoms with Crippen LogP contribution >= 0.6 is 0 Å². The predicted octanol–water partition coefficient (Wildman–Crippen LogP) is 4.95. The third kappa shape index (κ3) is 11.7. The van der Waals surface area contributed by atoms with Gasteiger partial charge in [0.2, 0.25) is 0 Å². The second-order valence-corrected chi connectivity index (χ2v) is 13.6. The van der Waals surface area contributed by atoms with Crippen molar-refractivity contribution in [3.63, 3.8) is 0 Å². The van der Waals surface area contributed by atoms with Gasteiger partial charge in [0.25, 0.3) is 17.5 Å². The van der Waals surface area contributed by atoms with Crippen LogP contribution in [-0.2, 0) is 9.59 Å². The molecule has 4 N–H and O–H groups in total. The number of hydrogen-bond acceptors (Lipinski definition) is 11. The highest BCUT2D eigenvalue weighted by Gasteiger charge is 2.32. The fourth-order valence-corrected chi connectivity index (χ4v) is 6.43. The molecule has 52 heavy (non-hydrogen) atoms. The molecule has 2 heterocycles. The van der Waals surface area contributed by atoms with Crippen LogP contribution in [0.3, 0.4) is 0 Å². The van der Waals surface area contributed by atoms with Crippen molar-refractivity contribution in [2.75, 3.05) is 45.3 Å². The Bertz CT molecular complexity index is 1580. The number of hydrogen-bond donors (Lipinski definition) is 3.